The molecule has 1 amide bonds. The van der Waals surface area contributed by atoms with Gasteiger partial charge in [0.15, 0.2) is 0 Å². The Morgan fingerprint density at radius 3 is 2.90 bits per heavy atom. The fourth-order valence-corrected chi connectivity index (χ4v) is 4.20. The molecule has 0 saturated carbocycles. The van der Waals surface area contributed by atoms with Crippen molar-refractivity contribution in [3.05, 3.63) is 45.8 Å². The van der Waals surface area contributed by atoms with Crippen LogP contribution in [0.15, 0.2) is 24.3 Å². The third-order valence-corrected chi connectivity index (χ3v) is 5.24. The Balaban J connectivity index is 1.91. The first-order valence-electron chi connectivity index (χ1n) is 7.33. The maximum absolute atomic E-state index is 12.6. The Bertz CT molecular complexity index is 690. The van der Waals surface area contributed by atoms with Crippen molar-refractivity contribution < 1.29 is 4.79 Å². The van der Waals surface area contributed by atoms with Crippen molar-refractivity contribution in [1.29, 1.82) is 0 Å². The van der Waals surface area contributed by atoms with Gasteiger partial charge in [0.05, 0.1) is 10.6 Å². The number of aryl methyl sites for hydroxylation is 1. The lowest BCUT2D eigenvalue weighted by Gasteiger charge is -2.18. The molecule has 0 fully saturated rings. The van der Waals surface area contributed by atoms with Gasteiger partial charge in [-0.05, 0) is 49.3 Å². The molecule has 21 heavy (non-hydrogen) atoms. The van der Waals surface area contributed by atoms with E-state index in [0.29, 0.717) is 16.5 Å². The Labute approximate surface area is 129 Å². The molecular weight excluding hydrogens is 280 g/mol. The van der Waals surface area contributed by atoms with Gasteiger partial charge in [0.1, 0.15) is 0 Å². The Kier molecular flexibility index (Phi) is 3.72. The first-order valence-corrected chi connectivity index (χ1v) is 8.15. The van der Waals surface area contributed by atoms with Gasteiger partial charge < -0.3 is 11.1 Å². The number of fused-ring (bicyclic) bond motifs is 1. The second kappa shape index (κ2) is 5.53. The van der Waals surface area contributed by atoms with Gasteiger partial charge in [-0.3, -0.25) is 4.79 Å². The van der Waals surface area contributed by atoms with E-state index in [1.807, 2.05) is 31.2 Å². The maximum atomic E-state index is 12.6. The van der Waals surface area contributed by atoms with E-state index in [0.717, 1.165) is 30.5 Å². The quantitative estimate of drug-likeness (QED) is 0.880. The molecule has 1 aliphatic carbocycles. The van der Waals surface area contributed by atoms with Gasteiger partial charge in [0.25, 0.3) is 5.91 Å². The number of thiophene rings is 1. The number of hydrogen-bond acceptors (Lipinski definition) is 3. The zero-order valence-corrected chi connectivity index (χ0v) is 13.2. The first kappa shape index (κ1) is 14.1. The predicted octanol–water partition coefficient (Wildman–Crippen LogP) is 4.02. The van der Waals surface area contributed by atoms with Crippen LogP contribution in [-0.4, -0.2) is 5.91 Å². The lowest BCUT2D eigenvalue weighted by atomic mass is 9.88. The van der Waals surface area contributed by atoms with Crippen LogP contribution < -0.4 is 11.1 Å². The van der Waals surface area contributed by atoms with E-state index >= 15 is 0 Å². The highest BCUT2D eigenvalue weighted by Gasteiger charge is 2.26. The van der Waals surface area contributed by atoms with Crippen LogP contribution in [0.3, 0.4) is 0 Å². The highest BCUT2D eigenvalue weighted by Crippen LogP contribution is 2.38. The summed E-state index contributed by atoms with van der Waals surface area (Å²) in [6.45, 7) is 4.25. The van der Waals surface area contributed by atoms with Crippen LogP contribution in [0.25, 0.3) is 0 Å². The van der Waals surface area contributed by atoms with Gasteiger partial charge in [-0.1, -0.05) is 25.1 Å². The number of nitrogen functional groups attached to an aromatic ring is 1. The van der Waals surface area contributed by atoms with E-state index in [-0.39, 0.29) is 5.91 Å². The SMILES string of the molecule is Cc1ccccc1NC(=O)c1c(N)sc2c1CCC(C)C2. The Hall–Kier alpha value is -1.81. The maximum Gasteiger partial charge on any atom is 0.258 e. The average molecular weight is 300 g/mol. The van der Waals surface area contributed by atoms with Crippen LogP contribution in [0.4, 0.5) is 10.7 Å². The van der Waals surface area contributed by atoms with Gasteiger partial charge >= 0.3 is 0 Å². The van der Waals surface area contributed by atoms with Crippen molar-refractivity contribution in [2.24, 2.45) is 5.92 Å². The van der Waals surface area contributed by atoms with Crippen LogP contribution in [0.1, 0.15) is 39.7 Å². The Morgan fingerprint density at radius 2 is 2.14 bits per heavy atom. The number of rotatable bonds is 2. The molecule has 0 bridgehead atoms. The summed E-state index contributed by atoms with van der Waals surface area (Å²) in [5.41, 5.74) is 9.89. The number of anilines is 2. The second-order valence-corrected chi connectivity index (χ2v) is 7.00. The lowest BCUT2D eigenvalue weighted by molar-refractivity contribution is 0.102. The molecule has 3 rings (SSSR count). The van der Waals surface area contributed by atoms with E-state index < -0.39 is 0 Å². The van der Waals surface area contributed by atoms with Crippen molar-refractivity contribution in [3.8, 4) is 0 Å². The van der Waals surface area contributed by atoms with E-state index in [1.54, 1.807) is 11.3 Å². The highest BCUT2D eigenvalue weighted by molar-refractivity contribution is 7.16. The van der Waals surface area contributed by atoms with Crippen molar-refractivity contribution >= 4 is 27.9 Å². The lowest BCUT2D eigenvalue weighted by Crippen LogP contribution is -2.18. The molecule has 1 aromatic carbocycles. The number of nitrogens with one attached hydrogen (secondary N) is 1. The molecule has 1 aromatic heterocycles. The minimum absolute atomic E-state index is 0.0751. The molecular formula is C17H20N2OS. The number of benzene rings is 1. The summed E-state index contributed by atoms with van der Waals surface area (Å²) in [5, 5.41) is 3.66. The normalized spacial score (nSPS) is 17.3. The van der Waals surface area contributed by atoms with Crippen LogP contribution >= 0.6 is 11.3 Å². The smallest absolute Gasteiger partial charge is 0.258 e. The first-order chi connectivity index (χ1) is 10.1. The Morgan fingerprint density at radius 1 is 1.38 bits per heavy atom. The highest BCUT2D eigenvalue weighted by atomic mass is 32.1. The van der Waals surface area contributed by atoms with Gasteiger partial charge in [0.2, 0.25) is 0 Å². The van der Waals surface area contributed by atoms with Crippen LogP contribution in [-0.2, 0) is 12.8 Å². The molecule has 1 unspecified atom stereocenters. The number of para-hydroxylation sites is 1. The standard InChI is InChI=1S/C17H20N2OS/c1-10-7-8-12-14(9-10)21-16(18)15(12)17(20)19-13-6-4-3-5-11(13)2/h3-6,10H,7-9,18H2,1-2H3,(H,19,20). The summed E-state index contributed by atoms with van der Waals surface area (Å²) in [6.07, 6.45) is 3.14. The molecule has 0 spiro atoms. The molecule has 3 nitrogen and oxygen atoms in total. The molecule has 110 valence electrons. The minimum atomic E-state index is -0.0751. The third kappa shape index (κ3) is 2.68. The summed E-state index contributed by atoms with van der Waals surface area (Å²) < 4.78 is 0. The zero-order chi connectivity index (χ0) is 15.0. The zero-order valence-electron chi connectivity index (χ0n) is 12.4. The van der Waals surface area contributed by atoms with Crippen LogP contribution in [0.2, 0.25) is 0 Å². The fraction of sp³-hybridized carbons (Fsp3) is 0.353. The molecule has 0 aliphatic heterocycles. The number of carbonyl (C=O) groups is 1. The van der Waals surface area contributed by atoms with Crippen LogP contribution in [0.5, 0.6) is 0 Å². The van der Waals surface area contributed by atoms with Gasteiger partial charge in [-0.25, -0.2) is 0 Å². The minimum Gasteiger partial charge on any atom is -0.390 e. The fourth-order valence-electron chi connectivity index (χ4n) is 2.92. The summed E-state index contributed by atoms with van der Waals surface area (Å²) in [7, 11) is 0. The van der Waals surface area contributed by atoms with E-state index in [9.17, 15) is 4.79 Å². The number of hydrogen-bond donors (Lipinski definition) is 2. The molecule has 1 atom stereocenters. The molecule has 3 N–H and O–H groups in total. The monoisotopic (exact) mass is 300 g/mol. The summed E-state index contributed by atoms with van der Waals surface area (Å²) >= 11 is 1.58. The molecule has 1 aliphatic rings. The number of carbonyl (C=O) groups excluding carboxylic acids is 1. The van der Waals surface area contributed by atoms with E-state index in [4.69, 9.17) is 5.73 Å². The molecule has 2 aromatic rings. The second-order valence-electron chi connectivity index (χ2n) is 5.86. The van der Waals surface area contributed by atoms with Crippen molar-refractivity contribution in [2.75, 3.05) is 11.1 Å². The molecule has 0 radical (unpaired) electrons. The molecule has 1 heterocycles. The van der Waals surface area contributed by atoms with Crippen molar-refractivity contribution in [3.63, 3.8) is 0 Å². The van der Waals surface area contributed by atoms with Gasteiger partial charge in [0, 0.05) is 10.6 Å². The summed E-state index contributed by atoms with van der Waals surface area (Å²) in [6, 6.07) is 7.80. The van der Waals surface area contributed by atoms with Crippen LogP contribution in [0, 0.1) is 12.8 Å². The molecule has 4 heteroatoms. The van der Waals surface area contributed by atoms with Crippen molar-refractivity contribution in [1.82, 2.24) is 0 Å². The van der Waals surface area contributed by atoms with E-state index in [2.05, 4.69) is 12.2 Å². The third-order valence-electron chi connectivity index (χ3n) is 4.16. The topological polar surface area (TPSA) is 55.1 Å². The largest absolute Gasteiger partial charge is 0.390 e. The summed E-state index contributed by atoms with van der Waals surface area (Å²) in [5.74, 6) is 0.608. The summed E-state index contributed by atoms with van der Waals surface area (Å²) in [4.78, 5) is 13.9. The predicted molar refractivity (Wildman–Crippen MR) is 89.1 cm³/mol. The number of nitrogens with two attached hydrogens (primary N) is 1. The van der Waals surface area contributed by atoms with Gasteiger partial charge in [-0.2, -0.15) is 0 Å². The molecule has 0 saturated heterocycles. The van der Waals surface area contributed by atoms with E-state index in [1.165, 1.54) is 10.4 Å². The number of amides is 1. The average Bonchev–Trinajstić information content (AvgIpc) is 2.76. The van der Waals surface area contributed by atoms with Crippen molar-refractivity contribution in [2.45, 2.75) is 33.1 Å². The van der Waals surface area contributed by atoms with Gasteiger partial charge in [-0.15, -0.1) is 11.3 Å².